The number of benzene rings is 1. The van der Waals surface area contributed by atoms with Crippen LogP contribution < -0.4 is 5.32 Å². The first-order chi connectivity index (χ1) is 9.11. The Balaban J connectivity index is 1.56. The zero-order valence-corrected chi connectivity index (χ0v) is 12.4. The molecule has 102 valence electrons. The van der Waals surface area contributed by atoms with Crippen molar-refractivity contribution in [3.63, 3.8) is 0 Å². The van der Waals surface area contributed by atoms with Gasteiger partial charge in [-0.15, -0.1) is 0 Å². The fourth-order valence-corrected chi connectivity index (χ4v) is 3.37. The maximum absolute atomic E-state index is 10.9. The van der Waals surface area contributed by atoms with Gasteiger partial charge in [0.25, 0.3) is 0 Å². The molecule has 4 heteroatoms. The highest BCUT2D eigenvalue weighted by atomic mass is 79.9. The number of hydrogen-bond acceptors (Lipinski definition) is 2. The van der Waals surface area contributed by atoms with Gasteiger partial charge in [-0.1, -0.05) is 22.0 Å². The number of hydrogen-bond donors (Lipinski definition) is 2. The van der Waals surface area contributed by atoms with E-state index >= 15 is 0 Å². The van der Waals surface area contributed by atoms with Crippen LogP contribution in [0.5, 0.6) is 0 Å². The molecule has 19 heavy (non-hydrogen) atoms. The predicted octanol–water partition coefficient (Wildman–Crippen LogP) is 3.43. The molecule has 0 bridgehead atoms. The molecule has 2 saturated carbocycles. The van der Waals surface area contributed by atoms with Crippen LogP contribution >= 0.6 is 15.9 Å². The lowest BCUT2D eigenvalue weighted by atomic mass is 10.0. The lowest BCUT2D eigenvalue weighted by Crippen LogP contribution is -2.25. The molecule has 1 aromatic carbocycles. The van der Waals surface area contributed by atoms with Crippen LogP contribution in [-0.4, -0.2) is 17.6 Å². The van der Waals surface area contributed by atoms with Crippen LogP contribution in [0.1, 0.15) is 41.6 Å². The number of nitrogens with one attached hydrogen (secondary N) is 1. The molecule has 0 aliphatic heterocycles. The summed E-state index contributed by atoms with van der Waals surface area (Å²) in [5.74, 6) is 0.0868. The molecule has 0 atom stereocenters. The molecule has 0 unspecified atom stereocenters. The highest BCUT2D eigenvalue weighted by Crippen LogP contribution is 2.60. The lowest BCUT2D eigenvalue weighted by Gasteiger charge is -2.15. The molecule has 2 N–H and O–H groups in total. The van der Waals surface area contributed by atoms with Gasteiger partial charge in [0.2, 0.25) is 0 Å². The summed E-state index contributed by atoms with van der Waals surface area (Å²) in [4.78, 5) is 10.9. The normalized spacial score (nSPS) is 20.3. The molecular formula is C15H18BrNO2. The van der Waals surface area contributed by atoms with Crippen molar-refractivity contribution < 1.29 is 9.90 Å². The summed E-state index contributed by atoms with van der Waals surface area (Å²) in [6.45, 7) is 1.90. The second kappa shape index (κ2) is 4.91. The van der Waals surface area contributed by atoms with E-state index in [-0.39, 0.29) is 0 Å². The van der Waals surface area contributed by atoms with Gasteiger partial charge < -0.3 is 10.4 Å². The zero-order chi connectivity index (χ0) is 13.5. The van der Waals surface area contributed by atoms with E-state index in [2.05, 4.69) is 21.2 Å². The largest absolute Gasteiger partial charge is 0.478 e. The van der Waals surface area contributed by atoms with Gasteiger partial charge in [0.05, 0.1) is 5.56 Å². The zero-order valence-electron chi connectivity index (χ0n) is 10.8. The second-order valence-corrected chi connectivity index (χ2v) is 6.71. The van der Waals surface area contributed by atoms with Gasteiger partial charge in [0.1, 0.15) is 0 Å². The summed E-state index contributed by atoms with van der Waals surface area (Å²) >= 11 is 3.45. The molecule has 0 aromatic heterocycles. The van der Waals surface area contributed by atoms with E-state index < -0.39 is 5.97 Å². The van der Waals surface area contributed by atoms with E-state index in [4.69, 9.17) is 5.11 Å². The van der Waals surface area contributed by atoms with Crippen molar-refractivity contribution in [3.05, 3.63) is 33.8 Å². The van der Waals surface area contributed by atoms with Crippen molar-refractivity contribution in [2.45, 2.75) is 32.2 Å². The quantitative estimate of drug-likeness (QED) is 0.843. The maximum Gasteiger partial charge on any atom is 0.335 e. The minimum Gasteiger partial charge on any atom is -0.478 e. The number of carboxylic acid groups (broad SMARTS) is 1. The molecule has 0 amide bonds. The third-order valence-electron chi connectivity index (χ3n) is 4.43. The summed E-state index contributed by atoms with van der Waals surface area (Å²) < 4.78 is 0.871. The molecule has 0 saturated heterocycles. The van der Waals surface area contributed by atoms with Crippen molar-refractivity contribution in [2.24, 2.45) is 11.3 Å². The first-order valence-electron chi connectivity index (χ1n) is 6.83. The first kappa shape index (κ1) is 13.1. The minimum atomic E-state index is -0.883. The summed E-state index contributed by atoms with van der Waals surface area (Å²) in [6, 6.07) is 5.22. The first-order valence-corrected chi connectivity index (χ1v) is 7.62. The monoisotopic (exact) mass is 323 g/mol. The van der Waals surface area contributed by atoms with Crippen LogP contribution in [0.4, 0.5) is 0 Å². The van der Waals surface area contributed by atoms with Crippen molar-refractivity contribution >= 4 is 21.9 Å². The highest BCUT2D eigenvalue weighted by molar-refractivity contribution is 9.10. The smallest absolute Gasteiger partial charge is 0.335 e. The van der Waals surface area contributed by atoms with Gasteiger partial charge >= 0.3 is 5.97 Å². The Hall–Kier alpha value is -0.870. The summed E-state index contributed by atoms with van der Waals surface area (Å²) in [7, 11) is 0. The molecule has 0 heterocycles. The van der Waals surface area contributed by atoms with Crippen LogP contribution in [-0.2, 0) is 6.54 Å². The van der Waals surface area contributed by atoms with E-state index in [1.54, 1.807) is 12.1 Å². The van der Waals surface area contributed by atoms with Gasteiger partial charge in [-0.3, -0.25) is 0 Å². The predicted molar refractivity (Wildman–Crippen MR) is 77.2 cm³/mol. The van der Waals surface area contributed by atoms with Crippen LogP contribution in [0.25, 0.3) is 0 Å². The molecule has 0 radical (unpaired) electrons. The standard InChI is InChI=1S/C15H18BrNO2/c16-13-7-10(14(18)19)1-2-11(13)8-17-9-15(5-6-15)12-3-4-12/h1-2,7,12,17H,3-6,8-9H2,(H,18,19). The van der Waals surface area contributed by atoms with E-state index in [0.29, 0.717) is 11.0 Å². The van der Waals surface area contributed by atoms with Crippen LogP contribution in [0.15, 0.2) is 22.7 Å². The average Bonchev–Trinajstić information content (AvgIpc) is 3.24. The summed E-state index contributed by atoms with van der Waals surface area (Å²) in [5.41, 5.74) is 2.05. The van der Waals surface area contributed by atoms with Crippen molar-refractivity contribution in [3.8, 4) is 0 Å². The maximum atomic E-state index is 10.9. The topological polar surface area (TPSA) is 49.3 Å². The average molecular weight is 324 g/mol. The molecule has 3 nitrogen and oxygen atoms in total. The molecular weight excluding hydrogens is 306 g/mol. The van der Waals surface area contributed by atoms with Crippen molar-refractivity contribution in [2.75, 3.05) is 6.54 Å². The number of carbonyl (C=O) groups is 1. The van der Waals surface area contributed by atoms with Crippen LogP contribution in [0.2, 0.25) is 0 Å². The fraction of sp³-hybridized carbons (Fsp3) is 0.533. The Kier molecular flexibility index (Phi) is 3.39. The highest BCUT2D eigenvalue weighted by Gasteiger charge is 2.53. The summed E-state index contributed by atoms with van der Waals surface area (Å²) in [5, 5.41) is 12.5. The van der Waals surface area contributed by atoms with Gasteiger partial charge in [0.15, 0.2) is 0 Å². The lowest BCUT2D eigenvalue weighted by molar-refractivity contribution is 0.0697. The Morgan fingerprint density at radius 3 is 2.68 bits per heavy atom. The Labute approximate surface area is 121 Å². The second-order valence-electron chi connectivity index (χ2n) is 5.85. The Bertz CT molecular complexity index is 507. The number of carboxylic acids is 1. The number of rotatable bonds is 6. The van der Waals surface area contributed by atoms with E-state index in [0.717, 1.165) is 29.0 Å². The van der Waals surface area contributed by atoms with Gasteiger partial charge in [-0.05, 0) is 54.7 Å². The molecule has 3 rings (SSSR count). The van der Waals surface area contributed by atoms with Gasteiger partial charge in [-0.25, -0.2) is 4.79 Å². The number of halogens is 1. The van der Waals surface area contributed by atoms with Crippen molar-refractivity contribution in [1.82, 2.24) is 5.32 Å². The number of aromatic carboxylic acids is 1. The molecule has 2 aliphatic carbocycles. The molecule has 2 fully saturated rings. The third kappa shape index (κ3) is 2.84. The van der Waals surface area contributed by atoms with Crippen molar-refractivity contribution in [1.29, 1.82) is 0 Å². The van der Waals surface area contributed by atoms with Gasteiger partial charge in [0, 0.05) is 17.6 Å². The fourth-order valence-electron chi connectivity index (χ4n) is 2.86. The molecule has 1 aromatic rings. The minimum absolute atomic E-state index is 0.326. The summed E-state index contributed by atoms with van der Waals surface area (Å²) in [6.07, 6.45) is 5.59. The third-order valence-corrected chi connectivity index (χ3v) is 5.17. The Morgan fingerprint density at radius 1 is 1.42 bits per heavy atom. The van der Waals surface area contributed by atoms with E-state index in [1.807, 2.05) is 6.07 Å². The SMILES string of the molecule is O=C(O)c1ccc(CNCC2(C3CC3)CC2)c(Br)c1. The molecule has 0 spiro atoms. The van der Waals surface area contributed by atoms with E-state index in [1.165, 1.54) is 25.7 Å². The molecule has 2 aliphatic rings. The van der Waals surface area contributed by atoms with Crippen LogP contribution in [0, 0.1) is 11.3 Å². The Morgan fingerprint density at radius 2 is 2.16 bits per heavy atom. The van der Waals surface area contributed by atoms with Crippen LogP contribution in [0.3, 0.4) is 0 Å². The van der Waals surface area contributed by atoms with Gasteiger partial charge in [-0.2, -0.15) is 0 Å². The van der Waals surface area contributed by atoms with E-state index in [9.17, 15) is 4.79 Å².